The standard InChI is InChI=1S/C16H24N2O2/c1-2-18-8-4-3-5-13(17)16(18)12-6-7-14-15(11-12)20-10-9-19-14/h6-7,11,13,16H,2-5,8-10,17H2,1H3. The molecule has 0 bridgehead atoms. The average molecular weight is 276 g/mol. The molecule has 0 radical (unpaired) electrons. The number of nitrogens with zero attached hydrogens (tertiary/aromatic N) is 1. The van der Waals surface area contributed by atoms with Crippen LogP contribution in [0.3, 0.4) is 0 Å². The van der Waals surface area contributed by atoms with Gasteiger partial charge in [-0.15, -0.1) is 0 Å². The van der Waals surface area contributed by atoms with Crippen molar-refractivity contribution in [3.05, 3.63) is 23.8 Å². The molecule has 20 heavy (non-hydrogen) atoms. The van der Waals surface area contributed by atoms with Crippen LogP contribution >= 0.6 is 0 Å². The maximum atomic E-state index is 6.44. The quantitative estimate of drug-likeness (QED) is 0.900. The third-order valence-electron chi connectivity index (χ3n) is 4.35. The van der Waals surface area contributed by atoms with E-state index in [-0.39, 0.29) is 6.04 Å². The Balaban J connectivity index is 1.92. The molecule has 110 valence electrons. The zero-order valence-corrected chi connectivity index (χ0v) is 12.2. The van der Waals surface area contributed by atoms with E-state index in [0.29, 0.717) is 19.3 Å². The van der Waals surface area contributed by atoms with E-state index in [1.807, 2.05) is 6.07 Å². The van der Waals surface area contributed by atoms with Crippen LogP contribution < -0.4 is 15.2 Å². The number of likely N-dealkylation sites (tertiary alicyclic amines) is 1. The van der Waals surface area contributed by atoms with Gasteiger partial charge in [-0.05, 0) is 43.6 Å². The molecule has 1 aromatic rings. The SMILES string of the molecule is CCN1CCCCC(N)C1c1ccc2c(c1)OCCO2. The minimum absolute atomic E-state index is 0.194. The van der Waals surface area contributed by atoms with Crippen LogP contribution in [-0.4, -0.2) is 37.2 Å². The second-order valence-corrected chi connectivity index (χ2v) is 5.64. The summed E-state index contributed by atoms with van der Waals surface area (Å²) in [5.74, 6) is 1.71. The normalized spacial score (nSPS) is 27.1. The highest BCUT2D eigenvalue weighted by Gasteiger charge is 2.28. The topological polar surface area (TPSA) is 47.7 Å². The molecule has 1 fully saturated rings. The number of rotatable bonds is 2. The zero-order valence-electron chi connectivity index (χ0n) is 12.2. The first-order chi connectivity index (χ1) is 9.79. The Morgan fingerprint density at radius 2 is 2.00 bits per heavy atom. The molecule has 2 N–H and O–H groups in total. The third-order valence-corrected chi connectivity index (χ3v) is 4.35. The molecule has 1 aromatic carbocycles. The number of hydrogen-bond acceptors (Lipinski definition) is 4. The summed E-state index contributed by atoms with van der Waals surface area (Å²) in [5.41, 5.74) is 7.69. The number of fused-ring (bicyclic) bond motifs is 1. The smallest absolute Gasteiger partial charge is 0.161 e. The summed E-state index contributed by atoms with van der Waals surface area (Å²) in [4.78, 5) is 2.49. The Morgan fingerprint density at radius 3 is 2.80 bits per heavy atom. The summed E-state index contributed by atoms with van der Waals surface area (Å²) in [6, 6.07) is 6.77. The van der Waals surface area contributed by atoms with E-state index in [9.17, 15) is 0 Å². The molecule has 0 amide bonds. The van der Waals surface area contributed by atoms with Gasteiger partial charge in [0.25, 0.3) is 0 Å². The predicted octanol–water partition coefficient (Wildman–Crippen LogP) is 2.33. The van der Waals surface area contributed by atoms with Gasteiger partial charge in [0.2, 0.25) is 0 Å². The lowest BCUT2D eigenvalue weighted by Gasteiger charge is -2.33. The average Bonchev–Trinajstić information content (AvgIpc) is 2.68. The summed E-state index contributed by atoms with van der Waals surface area (Å²) in [6.07, 6.45) is 3.55. The Labute approximate surface area is 120 Å². The van der Waals surface area contributed by atoms with Crippen molar-refractivity contribution < 1.29 is 9.47 Å². The van der Waals surface area contributed by atoms with Crippen LogP contribution in [0.1, 0.15) is 37.8 Å². The largest absolute Gasteiger partial charge is 0.486 e. The number of hydrogen-bond donors (Lipinski definition) is 1. The van der Waals surface area contributed by atoms with Crippen molar-refractivity contribution >= 4 is 0 Å². The highest BCUT2D eigenvalue weighted by Crippen LogP contribution is 2.36. The molecule has 2 heterocycles. The van der Waals surface area contributed by atoms with Crippen LogP contribution in [0.25, 0.3) is 0 Å². The molecule has 0 saturated carbocycles. The fraction of sp³-hybridized carbons (Fsp3) is 0.625. The summed E-state index contributed by atoms with van der Waals surface area (Å²) in [6.45, 7) is 5.64. The van der Waals surface area contributed by atoms with Gasteiger partial charge in [0.05, 0.1) is 0 Å². The van der Waals surface area contributed by atoms with Gasteiger partial charge in [-0.25, -0.2) is 0 Å². The second-order valence-electron chi connectivity index (χ2n) is 5.64. The number of benzene rings is 1. The Morgan fingerprint density at radius 1 is 1.20 bits per heavy atom. The van der Waals surface area contributed by atoms with Crippen LogP contribution in [0.15, 0.2) is 18.2 Å². The number of likely N-dealkylation sites (N-methyl/N-ethyl adjacent to an activating group) is 1. The lowest BCUT2D eigenvalue weighted by molar-refractivity contribution is 0.168. The van der Waals surface area contributed by atoms with Crippen molar-refractivity contribution in [1.82, 2.24) is 4.90 Å². The van der Waals surface area contributed by atoms with Gasteiger partial charge in [-0.2, -0.15) is 0 Å². The first kappa shape index (κ1) is 13.7. The maximum absolute atomic E-state index is 6.44. The van der Waals surface area contributed by atoms with E-state index in [2.05, 4.69) is 24.0 Å². The van der Waals surface area contributed by atoms with E-state index in [0.717, 1.165) is 31.0 Å². The first-order valence-corrected chi connectivity index (χ1v) is 7.68. The number of nitrogens with two attached hydrogens (primary N) is 1. The molecule has 4 nitrogen and oxygen atoms in total. The van der Waals surface area contributed by atoms with Crippen LogP contribution in [-0.2, 0) is 0 Å². The maximum Gasteiger partial charge on any atom is 0.161 e. The molecular formula is C16H24N2O2. The highest BCUT2D eigenvalue weighted by molar-refractivity contribution is 5.45. The predicted molar refractivity (Wildman–Crippen MR) is 79.2 cm³/mol. The van der Waals surface area contributed by atoms with Crippen molar-refractivity contribution in [2.45, 2.75) is 38.3 Å². The van der Waals surface area contributed by atoms with Crippen LogP contribution in [0, 0.1) is 0 Å². The minimum atomic E-state index is 0.194. The van der Waals surface area contributed by atoms with E-state index >= 15 is 0 Å². The van der Waals surface area contributed by atoms with Crippen molar-refractivity contribution in [2.24, 2.45) is 5.73 Å². The van der Waals surface area contributed by atoms with E-state index < -0.39 is 0 Å². The molecule has 0 aromatic heterocycles. The first-order valence-electron chi connectivity index (χ1n) is 7.68. The fourth-order valence-corrected chi connectivity index (χ4v) is 3.32. The van der Waals surface area contributed by atoms with E-state index in [4.69, 9.17) is 15.2 Å². The van der Waals surface area contributed by atoms with Crippen molar-refractivity contribution in [2.75, 3.05) is 26.3 Å². The molecule has 2 aliphatic heterocycles. The zero-order chi connectivity index (χ0) is 13.9. The lowest BCUT2D eigenvalue weighted by atomic mass is 9.96. The van der Waals surface area contributed by atoms with E-state index in [1.54, 1.807) is 0 Å². The highest BCUT2D eigenvalue weighted by atomic mass is 16.6. The van der Waals surface area contributed by atoms with Gasteiger partial charge >= 0.3 is 0 Å². The Bertz CT molecular complexity index is 464. The molecule has 4 heteroatoms. The minimum Gasteiger partial charge on any atom is -0.486 e. The van der Waals surface area contributed by atoms with Gasteiger partial charge in [0, 0.05) is 12.1 Å². The summed E-state index contributed by atoms with van der Waals surface area (Å²) < 4.78 is 11.3. The number of ether oxygens (including phenoxy) is 2. The molecular weight excluding hydrogens is 252 g/mol. The molecule has 0 spiro atoms. The molecule has 2 aliphatic rings. The molecule has 1 saturated heterocycles. The van der Waals surface area contributed by atoms with Crippen molar-refractivity contribution in [3.63, 3.8) is 0 Å². The Kier molecular flexibility index (Phi) is 4.13. The van der Waals surface area contributed by atoms with Crippen molar-refractivity contribution in [1.29, 1.82) is 0 Å². The molecule has 2 atom stereocenters. The van der Waals surface area contributed by atoms with Crippen LogP contribution in [0.4, 0.5) is 0 Å². The Hall–Kier alpha value is -1.26. The molecule has 0 aliphatic carbocycles. The summed E-state index contributed by atoms with van der Waals surface area (Å²) in [5, 5.41) is 0. The fourth-order valence-electron chi connectivity index (χ4n) is 3.32. The van der Waals surface area contributed by atoms with Gasteiger partial charge in [-0.3, -0.25) is 4.90 Å². The monoisotopic (exact) mass is 276 g/mol. The van der Waals surface area contributed by atoms with Gasteiger partial charge in [-0.1, -0.05) is 19.4 Å². The van der Waals surface area contributed by atoms with Crippen LogP contribution in [0.5, 0.6) is 11.5 Å². The van der Waals surface area contributed by atoms with Gasteiger partial charge < -0.3 is 15.2 Å². The van der Waals surface area contributed by atoms with Gasteiger partial charge in [0.1, 0.15) is 13.2 Å². The lowest BCUT2D eigenvalue weighted by Crippen LogP contribution is -2.39. The molecule has 2 unspecified atom stereocenters. The third kappa shape index (κ3) is 2.63. The molecule has 3 rings (SSSR count). The van der Waals surface area contributed by atoms with Crippen molar-refractivity contribution in [3.8, 4) is 11.5 Å². The van der Waals surface area contributed by atoms with Gasteiger partial charge in [0.15, 0.2) is 11.5 Å². The summed E-state index contributed by atoms with van der Waals surface area (Å²) in [7, 11) is 0. The van der Waals surface area contributed by atoms with E-state index in [1.165, 1.54) is 18.4 Å². The summed E-state index contributed by atoms with van der Waals surface area (Å²) >= 11 is 0. The van der Waals surface area contributed by atoms with Crippen LogP contribution in [0.2, 0.25) is 0 Å². The second kappa shape index (κ2) is 6.02.